The lowest BCUT2D eigenvalue weighted by Gasteiger charge is -2.11. The number of hydrogen-bond acceptors (Lipinski definition) is 4. The van der Waals surface area contributed by atoms with Crippen LogP contribution in [-0.4, -0.2) is 29.3 Å². The van der Waals surface area contributed by atoms with Crippen LogP contribution in [0.5, 0.6) is 0 Å². The van der Waals surface area contributed by atoms with E-state index in [-0.39, 0.29) is 0 Å². The average Bonchev–Trinajstić information content (AvgIpc) is 3.90. The Morgan fingerprint density at radius 3 is 1.63 bits per heavy atom. The van der Waals surface area contributed by atoms with Crippen molar-refractivity contribution in [3.8, 4) is 56.7 Å². The van der Waals surface area contributed by atoms with Crippen molar-refractivity contribution in [3.63, 3.8) is 0 Å². The first-order chi connectivity index (χ1) is 29.7. The molecule has 0 saturated carbocycles. The van der Waals surface area contributed by atoms with Gasteiger partial charge < -0.3 is 4.57 Å². The molecule has 0 bridgehead atoms. The summed E-state index contributed by atoms with van der Waals surface area (Å²) in [4.78, 5) is 14.9. The second-order valence-corrected chi connectivity index (χ2v) is 15.2. The van der Waals surface area contributed by atoms with Gasteiger partial charge in [-0.25, -0.2) is 19.6 Å². The minimum absolute atomic E-state index is 0.623. The standard InChI is InChI=1S/C54H34N6/c1-4-15-37(16-5-1)52-56-53(38-17-6-2-7-18-38)58-54(57-52)41-21-12-19-39(30-41)40-20-13-24-44(31-40)60-48-33-49-46(32-42(48)34-55-60)51-47(59(49)43-22-8-3-9-23-43)29-28-36-27-26-35-14-10-11-25-45(35)50(36)51/h1-34H. The zero-order valence-electron chi connectivity index (χ0n) is 32.3. The van der Waals surface area contributed by atoms with Gasteiger partial charge >= 0.3 is 0 Å². The summed E-state index contributed by atoms with van der Waals surface area (Å²) in [6.07, 6.45) is 1.99. The van der Waals surface area contributed by atoms with E-state index >= 15 is 0 Å². The minimum Gasteiger partial charge on any atom is -0.309 e. The molecule has 12 rings (SSSR count). The molecule has 0 spiro atoms. The van der Waals surface area contributed by atoms with E-state index in [1.807, 2.05) is 66.9 Å². The number of fused-ring (bicyclic) bond motifs is 8. The van der Waals surface area contributed by atoms with Crippen molar-refractivity contribution >= 4 is 54.3 Å². The Morgan fingerprint density at radius 2 is 0.883 bits per heavy atom. The maximum Gasteiger partial charge on any atom is 0.164 e. The van der Waals surface area contributed by atoms with E-state index in [2.05, 4.69) is 149 Å². The summed E-state index contributed by atoms with van der Waals surface area (Å²) < 4.78 is 4.46. The average molecular weight is 767 g/mol. The predicted octanol–water partition coefficient (Wildman–Crippen LogP) is 13.3. The van der Waals surface area contributed by atoms with Gasteiger partial charge in [-0.15, -0.1) is 0 Å². The highest BCUT2D eigenvalue weighted by molar-refractivity contribution is 6.29. The molecular weight excluding hydrogens is 733 g/mol. The number of rotatable bonds is 6. The van der Waals surface area contributed by atoms with Crippen LogP contribution in [0, 0.1) is 0 Å². The van der Waals surface area contributed by atoms with E-state index in [0.29, 0.717) is 17.5 Å². The fraction of sp³-hybridized carbons (Fsp3) is 0. The molecule has 0 aliphatic rings. The third kappa shape index (κ3) is 5.57. The van der Waals surface area contributed by atoms with Crippen molar-refractivity contribution in [3.05, 3.63) is 206 Å². The lowest BCUT2D eigenvalue weighted by atomic mass is 9.97. The lowest BCUT2D eigenvalue weighted by Crippen LogP contribution is -2.00. The highest BCUT2D eigenvalue weighted by atomic mass is 15.3. The summed E-state index contributed by atoms with van der Waals surface area (Å²) in [5, 5.41) is 13.6. The van der Waals surface area contributed by atoms with Crippen LogP contribution in [0.4, 0.5) is 0 Å². The fourth-order valence-electron chi connectivity index (χ4n) is 8.78. The van der Waals surface area contributed by atoms with Gasteiger partial charge in [0.15, 0.2) is 17.5 Å². The normalized spacial score (nSPS) is 11.7. The summed E-state index contributed by atoms with van der Waals surface area (Å²) in [7, 11) is 0. The van der Waals surface area contributed by atoms with Crippen molar-refractivity contribution in [2.24, 2.45) is 0 Å². The smallest absolute Gasteiger partial charge is 0.164 e. The van der Waals surface area contributed by atoms with E-state index in [1.165, 1.54) is 37.8 Å². The molecule has 12 aromatic rings. The molecule has 0 aliphatic heterocycles. The molecule has 0 atom stereocenters. The molecule has 280 valence electrons. The first-order valence-electron chi connectivity index (χ1n) is 20.1. The molecule has 0 fully saturated rings. The number of aromatic nitrogens is 6. The summed E-state index contributed by atoms with van der Waals surface area (Å²) in [6.45, 7) is 0. The van der Waals surface area contributed by atoms with Gasteiger partial charge in [0, 0.05) is 38.5 Å². The Balaban J connectivity index is 1.00. The Kier molecular flexibility index (Phi) is 7.74. The first-order valence-corrected chi connectivity index (χ1v) is 20.1. The van der Waals surface area contributed by atoms with Crippen LogP contribution in [0.2, 0.25) is 0 Å². The molecular formula is C54H34N6. The first kappa shape index (κ1) is 33.9. The molecule has 3 aromatic heterocycles. The highest BCUT2D eigenvalue weighted by Gasteiger charge is 2.19. The lowest BCUT2D eigenvalue weighted by molar-refractivity contribution is 0.911. The Hall–Kier alpha value is -8.22. The SMILES string of the molecule is c1ccc(-c2nc(-c3ccccc3)nc(-c3cccc(-c4cccc(-n5ncc6cc7c8c9c(ccc%10ccccc%109)ccc8n(-c8ccccc8)c7cc65)c4)c3)n2)cc1. The summed E-state index contributed by atoms with van der Waals surface area (Å²) in [5.41, 5.74) is 10.4. The quantitative estimate of drug-likeness (QED) is 0.158. The van der Waals surface area contributed by atoms with Gasteiger partial charge in [-0.05, 0) is 81.2 Å². The monoisotopic (exact) mass is 766 g/mol. The molecule has 0 saturated heterocycles. The van der Waals surface area contributed by atoms with E-state index in [4.69, 9.17) is 20.1 Å². The largest absolute Gasteiger partial charge is 0.309 e. The zero-order chi connectivity index (χ0) is 39.6. The number of para-hydroxylation sites is 1. The second-order valence-electron chi connectivity index (χ2n) is 15.2. The van der Waals surface area contributed by atoms with Gasteiger partial charge in [0.2, 0.25) is 0 Å². The number of hydrogen-bond donors (Lipinski definition) is 0. The van der Waals surface area contributed by atoms with Crippen LogP contribution in [0.3, 0.4) is 0 Å². The second kappa shape index (κ2) is 13.7. The summed E-state index contributed by atoms with van der Waals surface area (Å²) in [6, 6.07) is 70.2. The fourth-order valence-corrected chi connectivity index (χ4v) is 8.78. The minimum atomic E-state index is 0.623. The van der Waals surface area contributed by atoms with Crippen molar-refractivity contribution < 1.29 is 0 Å². The molecule has 9 aromatic carbocycles. The zero-order valence-corrected chi connectivity index (χ0v) is 32.3. The molecule has 0 aliphatic carbocycles. The molecule has 0 unspecified atom stereocenters. The third-order valence-corrected chi connectivity index (χ3v) is 11.6. The van der Waals surface area contributed by atoms with Gasteiger partial charge in [0.1, 0.15) is 0 Å². The Morgan fingerprint density at radius 1 is 0.317 bits per heavy atom. The van der Waals surface area contributed by atoms with E-state index in [0.717, 1.165) is 55.6 Å². The molecule has 0 N–H and O–H groups in total. The Labute approximate surface area is 345 Å². The van der Waals surface area contributed by atoms with Crippen molar-refractivity contribution in [1.82, 2.24) is 29.3 Å². The van der Waals surface area contributed by atoms with Crippen molar-refractivity contribution in [2.45, 2.75) is 0 Å². The van der Waals surface area contributed by atoms with Gasteiger partial charge in [-0.3, -0.25) is 0 Å². The van der Waals surface area contributed by atoms with E-state index in [9.17, 15) is 0 Å². The van der Waals surface area contributed by atoms with Crippen molar-refractivity contribution in [2.75, 3.05) is 0 Å². The number of benzene rings is 9. The molecule has 60 heavy (non-hydrogen) atoms. The maximum absolute atomic E-state index is 5.02. The van der Waals surface area contributed by atoms with Crippen LogP contribution in [0.1, 0.15) is 0 Å². The Bertz CT molecular complexity index is 3530. The number of nitrogens with zero attached hydrogens (tertiary/aromatic N) is 6. The third-order valence-electron chi connectivity index (χ3n) is 11.6. The molecule has 3 heterocycles. The van der Waals surface area contributed by atoms with Crippen LogP contribution in [0.15, 0.2) is 206 Å². The van der Waals surface area contributed by atoms with Gasteiger partial charge in [-0.1, -0.05) is 152 Å². The van der Waals surface area contributed by atoms with Gasteiger partial charge in [-0.2, -0.15) is 5.10 Å². The van der Waals surface area contributed by atoms with E-state index < -0.39 is 0 Å². The molecule has 0 amide bonds. The summed E-state index contributed by atoms with van der Waals surface area (Å²) in [5.74, 6) is 1.90. The molecule has 6 heteroatoms. The van der Waals surface area contributed by atoms with Crippen molar-refractivity contribution in [1.29, 1.82) is 0 Å². The predicted molar refractivity (Wildman–Crippen MR) is 246 cm³/mol. The maximum atomic E-state index is 5.02. The molecule has 6 nitrogen and oxygen atoms in total. The highest BCUT2D eigenvalue weighted by Crippen LogP contribution is 2.41. The van der Waals surface area contributed by atoms with E-state index in [1.54, 1.807) is 0 Å². The van der Waals surface area contributed by atoms with Crippen LogP contribution < -0.4 is 0 Å². The van der Waals surface area contributed by atoms with Crippen LogP contribution >= 0.6 is 0 Å². The molecule has 0 radical (unpaired) electrons. The van der Waals surface area contributed by atoms with Gasteiger partial charge in [0.05, 0.1) is 28.4 Å². The van der Waals surface area contributed by atoms with Crippen LogP contribution in [-0.2, 0) is 0 Å². The topological polar surface area (TPSA) is 61.4 Å². The van der Waals surface area contributed by atoms with Crippen LogP contribution in [0.25, 0.3) is 111 Å². The summed E-state index contributed by atoms with van der Waals surface area (Å²) >= 11 is 0. The van der Waals surface area contributed by atoms with Gasteiger partial charge in [0.25, 0.3) is 0 Å².